The molecular weight excluding hydrogens is 369 g/mol. The number of halogens is 2. The summed E-state index contributed by atoms with van der Waals surface area (Å²) in [6.45, 7) is 4.21. The Morgan fingerprint density at radius 1 is 1.05 bits per heavy atom. The largest absolute Gasteiger partial charge is 0.309 e. The highest BCUT2D eigenvalue weighted by molar-refractivity contribution is 14.1. The van der Waals surface area contributed by atoms with Crippen LogP contribution in [0.1, 0.15) is 28.3 Å². The van der Waals surface area contributed by atoms with Gasteiger partial charge in [0.2, 0.25) is 0 Å². The van der Waals surface area contributed by atoms with Gasteiger partial charge in [0, 0.05) is 8.59 Å². The minimum atomic E-state index is 0.129. The van der Waals surface area contributed by atoms with E-state index in [4.69, 9.17) is 11.6 Å². The van der Waals surface area contributed by atoms with Crippen molar-refractivity contribution >= 4 is 34.2 Å². The average Bonchev–Trinajstić information content (AvgIpc) is 2.38. The van der Waals surface area contributed by atoms with Crippen molar-refractivity contribution in [3.63, 3.8) is 0 Å². The maximum absolute atomic E-state index is 6.41. The predicted molar refractivity (Wildman–Crippen MR) is 91.0 cm³/mol. The summed E-state index contributed by atoms with van der Waals surface area (Å²) in [4.78, 5) is 0. The van der Waals surface area contributed by atoms with Gasteiger partial charge in [-0.1, -0.05) is 29.8 Å². The molecule has 100 valence electrons. The molecule has 0 aromatic heterocycles. The lowest BCUT2D eigenvalue weighted by molar-refractivity contribution is 0.691. The van der Waals surface area contributed by atoms with Crippen molar-refractivity contribution in [2.24, 2.45) is 0 Å². The molecule has 2 aromatic rings. The average molecular weight is 386 g/mol. The van der Waals surface area contributed by atoms with Gasteiger partial charge in [-0.15, -0.1) is 0 Å². The molecule has 0 aliphatic carbocycles. The van der Waals surface area contributed by atoms with E-state index in [1.54, 1.807) is 0 Å². The second kappa shape index (κ2) is 6.25. The van der Waals surface area contributed by atoms with Gasteiger partial charge in [-0.05, 0) is 83.9 Å². The monoisotopic (exact) mass is 385 g/mol. The van der Waals surface area contributed by atoms with Gasteiger partial charge in [0.15, 0.2) is 0 Å². The normalized spacial score (nSPS) is 12.5. The molecule has 0 aliphatic rings. The SMILES string of the molecule is CNC(c1ccc(I)cc1)c1cc(C)c(C)cc1Cl. The van der Waals surface area contributed by atoms with Crippen LogP contribution < -0.4 is 5.32 Å². The van der Waals surface area contributed by atoms with Crippen molar-refractivity contribution in [3.8, 4) is 0 Å². The number of hydrogen-bond donors (Lipinski definition) is 1. The molecule has 0 heterocycles. The first-order valence-electron chi connectivity index (χ1n) is 6.22. The van der Waals surface area contributed by atoms with E-state index in [2.05, 4.69) is 72.1 Å². The lowest BCUT2D eigenvalue weighted by Crippen LogP contribution is -2.18. The number of aryl methyl sites for hydroxylation is 2. The molecule has 0 radical (unpaired) electrons. The Morgan fingerprint density at radius 3 is 2.21 bits per heavy atom. The van der Waals surface area contributed by atoms with Crippen LogP contribution in [0.5, 0.6) is 0 Å². The van der Waals surface area contributed by atoms with E-state index in [0.29, 0.717) is 0 Å². The number of nitrogens with one attached hydrogen (secondary N) is 1. The van der Waals surface area contributed by atoms with Gasteiger partial charge in [-0.25, -0.2) is 0 Å². The zero-order valence-electron chi connectivity index (χ0n) is 11.3. The number of hydrogen-bond acceptors (Lipinski definition) is 1. The molecule has 0 saturated carbocycles. The molecule has 1 N–H and O–H groups in total. The van der Waals surface area contributed by atoms with Gasteiger partial charge in [-0.2, -0.15) is 0 Å². The van der Waals surface area contributed by atoms with E-state index < -0.39 is 0 Å². The van der Waals surface area contributed by atoms with Crippen LogP contribution >= 0.6 is 34.2 Å². The maximum atomic E-state index is 6.41. The molecule has 1 atom stereocenters. The van der Waals surface area contributed by atoms with E-state index in [-0.39, 0.29) is 6.04 Å². The zero-order chi connectivity index (χ0) is 14.0. The summed E-state index contributed by atoms with van der Waals surface area (Å²) in [6, 6.07) is 12.9. The number of rotatable bonds is 3. The van der Waals surface area contributed by atoms with Crippen molar-refractivity contribution in [1.29, 1.82) is 0 Å². The van der Waals surface area contributed by atoms with Gasteiger partial charge < -0.3 is 5.32 Å². The minimum Gasteiger partial charge on any atom is -0.309 e. The summed E-state index contributed by atoms with van der Waals surface area (Å²) in [5.41, 5.74) is 4.86. The molecule has 1 nitrogen and oxygen atoms in total. The molecule has 0 spiro atoms. The fraction of sp³-hybridized carbons (Fsp3) is 0.250. The van der Waals surface area contributed by atoms with Gasteiger partial charge in [0.1, 0.15) is 0 Å². The van der Waals surface area contributed by atoms with Crippen molar-refractivity contribution in [1.82, 2.24) is 5.32 Å². The molecule has 2 aromatic carbocycles. The topological polar surface area (TPSA) is 12.0 Å². The van der Waals surface area contributed by atoms with Crippen LogP contribution in [0, 0.1) is 17.4 Å². The molecule has 0 aliphatic heterocycles. The minimum absolute atomic E-state index is 0.129. The first-order chi connectivity index (χ1) is 9.02. The number of benzene rings is 2. The van der Waals surface area contributed by atoms with Gasteiger partial charge in [-0.3, -0.25) is 0 Å². The first kappa shape index (κ1) is 14.8. The Labute approximate surface area is 133 Å². The summed E-state index contributed by atoms with van der Waals surface area (Å²) < 4.78 is 1.24. The van der Waals surface area contributed by atoms with Crippen LogP contribution in [0.25, 0.3) is 0 Å². The Morgan fingerprint density at radius 2 is 1.63 bits per heavy atom. The quantitative estimate of drug-likeness (QED) is 0.743. The third-order valence-electron chi connectivity index (χ3n) is 3.42. The zero-order valence-corrected chi connectivity index (χ0v) is 14.2. The molecular formula is C16H17ClIN. The van der Waals surface area contributed by atoms with Crippen LogP contribution in [0.3, 0.4) is 0 Å². The van der Waals surface area contributed by atoms with Crippen molar-refractivity contribution < 1.29 is 0 Å². The van der Waals surface area contributed by atoms with Gasteiger partial charge >= 0.3 is 0 Å². The van der Waals surface area contributed by atoms with E-state index in [1.807, 2.05) is 13.1 Å². The summed E-state index contributed by atoms with van der Waals surface area (Å²) in [7, 11) is 1.97. The molecule has 0 fully saturated rings. The highest BCUT2D eigenvalue weighted by atomic mass is 127. The van der Waals surface area contributed by atoms with Crippen molar-refractivity contribution in [2.75, 3.05) is 7.05 Å². The van der Waals surface area contributed by atoms with Crippen LogP contribution in [-0.2, 0) is 0 Å². The first-order valence-corrected chi connectivity index (χ1v) is 7.68. The van der Waals surface area contributed by atoms with Crippen LogP contribution in [0.15, 0.2) is 36.4 Å². The molecule has 1 unspecified atom stereocenters. The fourth-order valence-corrected chi connectivity index (χ4v) is 2.87. The Balaban J connectivity index is 2.47. The summed E-state index contributed by atoms with van der Waals surface area (Å²) in [5, 5.41) is 4.18. The van der Waals surface area contributed by atoms with Crippen LogP contribution in [0.4, 0.5) is 0 Å². The van der Waals surface area contributed by atoms with Crippen molar-refractivity contribution in [3.05, 3.63) is 67.2 Å². The molecule has 2 rings (SSSR count). The standard InChI is InChI=1S/C16H17ClIN/c1-10-8-14(15(17)9-11(10)2)16(19-3)12-4-6-13(18)7-5-12/h4-9,16,19H,1-3H3. The van der Waals surface area contributed by atoms with E-state index >= 15 is 0 Å². The van der Waals surface area contributed by atoms with Crippen molar-refractivity contribution in [2.45, 2.75) is 19.9 Å². The third kappa shape index (κ3) is 3.30. The second-order valence-corrected chi connectivity index (χ2v) is 6.38. The lowest BCUT2D eigenvalue weighted by atomic mass is 9.95. The highest BCUT2D eigenvalue weighted by Gasteiger charge is 2.16. The van der Waals surface area contributed by atoms with Crippen LogP contribution in [-0.4, -0.2) is 7.05 Å². The molecule has 3 heteroatoms. The third-order valence-corrected chi connectivity index (χ3v) is 4.46. The molecule has 0 amide bonds. The van der Waals surface area contributed by atoms with Gasteiger partial charge in [0.25, 0.3) is 0 Å². The Kier molecular flexibility index (Phi) is 4.87. The predicted octanol–water partition coefficient (Wildman–Crippen LogP) is 4.87. The summed E-state index contributed by atoms with van der Waals surface area (Å²) >= 11 is 8.73. The summed E-state index contributed by atoms with van der Waals surface area (Å²) in [5.74, 6) is 0. The Hall–Kier alpha value is -0.580. The second-order valence-electron chi connectivity index (χ2n) is 4.73. The van der Waals surface area contributed by atoms with Gasteiger partial charge in [0.05, 0.1) is 6.04 Å². The fourth-order valence-electron chi connectivity index (χ4n) is 2.18. The van der Waals surface area contributed by atoms with Crippen LogP contribution in [0.2, 0.25) is 5.02 Å². The maximum Gasteiger partial charge on any atom is 0.0589 e. The Bertz CT molecular complexity index is 578. The van der Waals surface area contributed by atoms with E-state index in [1.165, 1.54) is 20.3 Å². The highest BCUT2D eigenvalue weighted by Crippen LogP contribution is 2.30. The lowest BCUT2D eigenvalue weighted by Gasteiger charge is -2.20. The smallest absolute Gasteiger partial charge is 0.0589 e. The van der Waals surface area contributed by atoms with E-state index in [0.717, 1.165) is 10.6 Å². The molecule has 0 bridgehead atoms. The van der Waals surface area contributed by atoms with E-state index in [9.17, 15) is 0 Å². The molecule has 19 heavy (non-hydrogen) atoms. The summed E-state index contributed by atoms with van der Waals surface area (Å²) in [6.07, 6.45) is 0. The molecule has 0 saturated heterocycles.